The Labute approximate surface area is 203 Å². The predicted octanol–water partition coefficient (Wildman–Crippen LogP) is 4.28. The van der Waals surface area contributed by atoms with Gasteiger partial charge in [0.05, 0.1) is 12.8 Å². The van der Waals surface area contributed by atoms with E-state index >= 15 is 0 Å². The molecule has 1 N–H and O–H groups in total. The van der Waals surface area contributed by atoms with Crippen LogP contribution in [0, 0.1) is 0 Å². The second kappa shape index (κ2) is 10.4. The van der Waals surface area contributed by atoms with E-state index in [1.165, 1.54) is 48.8 Å². The van der Waals surface area contributed by atoms with Crippen molar-refractivity contribution in [3.63, 3.8) is 0 Å². The SMILES string of the molecule is COc1ccc(C2=NN(C(=O)c3ccc(NC(=O)c4ncccn4)cc3)CCC2)cc1OC(F)(F)F. The lowest BCUT2D eigenvalue weighted by molar-refractivity contribution is -0.275. The van der Waals surface area contributed by atoms with E-state index in [0.717, 1.165) is 0 Å². The van der Waals surface area contributed by atoms with E-state index in [2.05, 4.69) is 25.1 Å². The zero-order valence-corrected chi connectivity index (χ0v) is 19.0. The highest BCUT2D eigenvalue weighted by atomic mass is 19.4. The van der Waals surface area contributed by atoms with Gasteiger partial charge in [0.1, 0.15) is 0 Å². The molecular formula is C24H20F3N5O4. The van der Waals surface area contributed by atoms with Gasteiger partial charge in [0.15, 0.2) is 11.5 Å². The van der Waals surface area contributed by atoms with Crippen LogP contribution in [-0.2, 0) is 0 Å². The molecule has 9 nitrogen and oxygen atoms in total. The Kier molecular flexibility index (Phi) is 7.13. The summed E-state index contributed by atoms with van der Waals surface area (Å²) in [5.41, 5.74) is 1.59. The monoisotopic (exact) mass is 499 g/mol. The van der Waals surface area contributed by atoms with E-state index < -0.39 is 23.9 Å². The van der Waals surface area contributed by atoms with Crippen molar-refractivity contribution >= 4 is 23.2 Å². The average Bonchev–Trinajstić information content (AvgIpc) is 2.88. The summed E-state index contributed by atoms with van der Waals surface area (Å²) in [6.45, 7) is 0.341. The van der Waals surface area contributed by atoms with Crippen molar-refractivity contribution in [3.8, 4) is 11.5 Å². The number of hydrogen-bond acceptors (Lipinski definition) is 7. The molecule has 36 heavy (non-hydrogen) atoms. The molecule has 0 bridgehead atoms. The van der Waals surface area contributed by atoms with Gasteiger partial charge in [-0.1, -0.05) is 0 Å². The highest BCUT2D eigenvalue weighted by Crippen LogP contribution is 2.34. The van der Waals surface area contributed by atoms with Crippen LogP contribution in [0.5, 0.6) is 11.5 Å². The van der Waals surface area contributed by atoms with Crippen molar-refractivity contribution in [1.29, 1.82) is 0 Å². The molecule has 1 aliphatic rings. The molecule has 4 rings (SSSR count). The topological polar surface area (TPSA) is 106 Å². The minimum Gasteiger partial charge on any atom is -0.493 e. The van der Waals surface area contributed by atoms with Gasteiger partial charge in [-0.15, -0.1) is 13.2 Å². The zero-order valence-electron chi connectivity index (χ0n) is 19.0. The molecule has 2 heterocycles. The van der Waals surface area contributed by atoms with Crippen LogP contribution in [0.25, 0.3) is 0 Å². The summed E-state index contributed by atoms with van der Waals surface area (Å²) in [6, 6.07) is 11.9. The molecule has 1 aliphatic heterocycles. The smallest absolute Gasteiger partial charge is 0.493 e. The van der Waals surface area contributed by atoms with Gasteiger partial charge in [-0.3, -0.25) is 9.59 Å². The number of benzene rings is 2. The maximum Gasteiger partial charge on any atom is 0.573 e. The van der Waals surface area contributed by atoms with Crippen molar-refractivity contribution in [1.82, 2.24) is 15.0 Å². The molecule has 1 aromatic heterocycles. The normalized spacial score (nSPS) is 13.6. The molecule has 0 radical (unpaired) electrons. The molecule has 0 saturated carbocycles. The number of hydrazone groups is 1. The summed E-state index contributed by atoms with van der Waals surface area (Å²) in [6.07, 6.45) is -0.951. The Bertz CT molecular complexity index is 1280. The Morgan fingerprint density at radius 1 is 1.03 bits per heavy atom. The number of hydrogen-bond donors (Lipinski definition) is 1. The summed E-state index contributed by atoms with van der Waals surface area (Å²) in [5, 5.41) is 8.28. The number of rotatable bonds is 6. The van der Waals surface area contributed by atoms with Crippen LogP contribution >= 0.6 is 0 Å². The fraction of sp³-hybridized carbons (Fsp3) is 0.208. The molecule has 2 aromatic carbocycles. The summed E-state index contributed by atoms with van der Waals surface area (Å²) >= 11 is 0. The van der Waals surface area contributed by atoms with E-state index in [9.17, 15) is 22.8 Å². The van der Waals surface area contributed by atoms with Crippen molar-refractivity contribution < 1.29 is 32.2 Å². The van der Waals surface area contributed by atoms with Crippen molar-refractivity contribution in [2.24, 2.45) is 5.10 Å². The largest absolute Gasteiger partial charge is 0.573 e. The van der Waals surface area contributed by atoms with Crippen LogP contribution in [0.15, 0.2) is 66.0 Å². The summed E-state index contributed by atoms with van der Waals surface area (Å²) in [4.78, 5) is 32.9. The first-order valence-electron chi connectivity index (χ1n) is 10.8. The molecule has 0 unspecified atom stereocenters. The van der Waals surface area contributed by atoms with Gasteiger partial charge >= 0.3 is 6.36 Å². The first kappa shape index (κ1) is 24.6. The minimum absolute atomic E-state index is 0.00941. The van der Waals surface area contributed by atoms with Crippen LogP contribution in [-0.4, -0.2) is 52.5 Å². The van der Waals surface area contributed by atoms with Gasteiger partial charge in [0.2, 0.25) is 5.82 Å². The van der Waals surface area contributed by atoms with E-state index in [-0.39, 0.29) is 11.6 Å². The number of methoxy groups -OCH3 is 1. The second-order valence-electron chi connectivity index (χ2n) is 7.60. The molecule has 2 amide bonds. The summed E-state index contributed by atoms with van der Waals surface area (Å²) in [7, 11) is 1.24. The van der Waals surface area contributed by atoms with Crippen LogP contribution < -0.4 is 14.8 Å². The lowest BCUT2D eigenvalue weighted by atomic mass is 10.0. The molecule has 12 heteroatoms. The minimum atomic E-state index is -4.89. The number of carbonyl (C=O) groups excluding carboxylic acids is 2. The summed E-state index contributed by atoms with van der Waals surface area (Å²) < 4.78 is 47.4. The fourth-order valence-corrected chi connectivity index (χ4v) is 3.50. The van der Waals surface area contributed by atoms with Gasteiger partial charge < -0.3 is 14.8 Å². The number of ether oxygens (including phenoxy) is 2. The van der Waals surface area contributed by atoms with Crippen molar-refractivity contribution in [2.75, 3.05) is 19.0 Å². The number of anilines is 1. The fourth-order valence-electron chi connectivity index (χ4n) is 3.50. The molecule has 0 fully saturated rings. The van der Waals surface area contributed by atoms with Gasteiger partial charge in [0.25, 0.3) is 11.8 Å². The van der Waals surface area contributed by atoms with Gasteiger partial charge in [-0.05, 0) is 61.4 Å². The number of nitrogens with one attached hydrogen (secondary N) is 1. The molecule has 0 atom stereocenters. The third-order valence-corrected chi connectivity index (χ3v) is 5.14. The first-order valence-corrected chi connectivity index (χ1v) is 10.8. The maximum absolute atomic E-state index is 13.0. The number of carbonyl (C=O) groups is 2. The van der Waals surface area contributed by atoms with E-state index in [4.69, 9.17) is 4.74 Å². The highest BCUT2D eigenvalue weighted by molar-refractivity contribution is 6.04. The molecular weight excluding hydrogens is 479 g/mol. The lowest BCUT2D eigenvalue weighted by Crippen LogP contribution is -2.32. The average molecular weight is 499 g/mol. The van der Waals surface area contributed by atoms with Gasteiger partial charge in [-0.25, -0.2) is 15.0 Å². The predicted molar refractivity (Wildman–Crippen MR) is 123 cm³/mol. The Morgan fingerprint density at radius 3 is 2.42 bits per heavy atom. The molecule has 186 valence electrons. The van der Waals surface area contributed by atoms with Crippen LogP contribution in [0.3, 0.4) is 0 Å². The molecule has 3 aromatic rings. The quantitative estimate of drug-likeness (QED) is 0.543. The molecule has 0 saturated heterocycles. The number of alkyl halides is 3. The molecule has 0 aliphatic carbocycles. The van der Waals surface area contributed by atoms with Gasteiger partial charge in [0, 0.05) is 35.8 Å². The third kappa shape index (κ3) is 5.95. The second-order valence-corrected chi connectivity index (χ2v) is 7.60. The van der Waals surface area contributed by atoms with E-state index in [0.29, 0.717) is 41.9 Å². The van der Waals surface area contributed by atoms with Crippen molar-refractivity contribution in [2.45, 2.75) is 19.2 Å². The maximum atomic E-state index is 13.0. The number of nitrogens with zero attached hydrogens (tertiary/aromatic N) is 4. The third-order valence-electron chi connectivity index (χ3n) is 5.14. The Morgan fingerprint density at radius 2 is 1.75 bits per heavy atom. The van der Waals surface area contributed by atoms with Crippen molar-refractivity contribution in [3.05, 3.63) is 77.9 Å². The van der Waals surface area contributed by atoms with Crippen LogP contribution in [0.4, 0.5) is 18.9 Å². The highest BCUT2D eigenvalue weighted by Gasteiger charge is 2.33. The lowest BCUT2D eigenvalue weighted by Gasteiger charge is -2.24. The van der Waals surface area contributed by atoms with Crippen LogP contribution in [0.1, 0.15) is 39.4 Å². The van der Waals surface area contributed by atoms with Gasteiger partial charge in [-0.2, -0.15) is 5.10 Å². The zero-order chi connectivity index (χ0) is 25.7. The Balaban J connectivity index is 1.49. The van der Waals surface area contributed by atoms with E-state index in [1.54, 1.807) is 24.3 Å². The molecule has 0 spiro atoms. The van der Waals surface area contributed by atoms with E-state index in [1.807, 2.05) is 0 Å². The first-order chi connectivity index (χ1) is 17.2. The summed E-state index contributed by atoms with van der Waals surface area (Å²) in [5.74, 6) is -1.45. The Hall–Kier alpha value is -4.48. The standard InChI is InChI=1S/C24H20F3N5O4/c1-35-19-10-7-16(14-20(19)36-24(25,26)27)18-4-2-13-32(31-18)23(34)15-5-8-17(9-6-15)30-22(33)21-28-11-3-12-29-21/h3,5-12,14H,2,4,13H2,1H3,(H,30,33). The number of amides is 2. The van der Waals surface area contributed by atoms with Crippen LogP contribution in [0.2, 0.25) is 0 Å². The number of halogens is 3. The number of aromatic nitrogens is 2.